The molecule has 0 spiro atoms. The first-order chi connectivity index (χ1) is 32.0. The first kappa shape index (κ1) is 45.8. The molecule has 2 atom stereocenters. The van der Waals surface area contributed by atoms with Crippen LogP contribution in [0.5, 0.6) is 0 Å². The maximum atomic E-state index is 14.4. The molecule has 12 nitrogen and oxygen atoms in total. The predicted octanol–water partition coefficient (Wildman–Crippen LogP) is 8.84. The monoisotopic (exact) mass is 939 g/mol. The maximum absolute atomic E-state index is 14.4. The molecule has 336 valence electrons. The van der Waals surface area contributed by atoms with Crippen LogP contribution in [0.3, 0.4) is 0 Å². The summed E-state index contributed by atoms with van der Waals surface area (Å²) < 4.78 is 11.6. The van der Waals surface area contributed by atoms with Gasteiger partial charge in [-0.1, -0.05) is 157 Å². The van der Waals surface area contributed by atoms with Gasteiger partial charge in [0.25, 0.3) is 11.8 Å². The van der Waals surface area contributed by atoms with Gasteiger partial charge < -0.3 is 24.9 Å². The van der Waals surface area contributed by atoms with E-state index in [9.17, 15) is 19.2 Å². The molecule has 2 aliphatic rings. The number of nitrogens with zero attached hydrogens (tertiary/aromatic N) is 3. The van der Waals surface area contributed by atoms with Gasteiger partial charge in [-0.2, -0.15) is 0 Å². The maximum Gasteiger partial charge on any atom is 0.356 e. The van der Waals surface area contributed by atoms with Crippen molar-refractivity contribution in [2.75, 3.05) is 23.6 Å². The lowest BCUT2D eigenvalue weighted by atomic mass is 9.77. The zero-order valence-corrected chi connectivity index (χ0v) is 38.6. The lowest BCUT2D eigenvalue weighted by molar-refractivity contribution is -0.160. The SMILES string of the molecule is CC(C)(C)OC(=O)CO/N=C(\C(=O)NC1C(=O)N2C(C(=O)OC(c3ccccc3)c3ccccc3)=C(CCl)CS[C@H]12)c1csc(NC(c2ccccc2)(c2ccccc2)c2ccccc2)n1. The van der Waals surface area contributed by atoms with Gasteiger partial charge in [-0.05, 0) is 54.2 Å². The minimum absolute atomic E-state index is 0.0155. The van der Waals surface area contributed by atoms with Gasteiger partial charge in [-0.3, -0.25) is 14.5 Å². The molecule has 15 heteroatoms. The van der Waals surface area contributed by atoms with Crippen molar-refractivity contribution in [2.24, 2.45) is 5.16 Å². The number of fused-ring (bicyclic) bond motifs is 1. The van der Waals surface area contributed by atoms with E-state index in [1.807, 2.05) is 152 Å². The van der Waals surface area contributed by atoms with E-state index < -0.39 is 59.0 Å². The first-order valence-electron chi connectivity index (χ1n) is 21.1. The molecule has 3 heterocycles. The summed E-state index contributed by atoms with van der Waals surface area (Å²) in [5, 5.41) is 12.1. The summed E-state index contributed by atoms with van der Waals surface area (Å²) in [6.45, 7) is 4.57. The number of ether oxygens (including phenoxy) is 2. The van der Waals surface area contributed by atoms with Gasteiger partial charge in [0.2, 0.25) is 6.61 Å². The predicted molar refractivity (Wildman–Crippen MR) is 257 cm³/mol. The Balaban J connectivity index is 1.08. The molecule has 2 amide bonds. The second-order valence-electron chi connectivity index (χ2n) is 16.4. The van der Waals surface area contributed by atoms with Crippen molar-refractivity contribution in [1.29, 1.82) is 0 Å². The molecule has 8 rings (SSSR count). The minimum Gasteiger partial charge on any atom is -0.457 e. The zero-order valence-electron chi connectivity index (χ0n) is 36.3. The Labute approximate surface area is 396 Å². The molecular formula is C51H46ClN5O7S2. The molecule has 0 saturated carbocycles. The highest BCUT2D eigenvalue weighted by Crippen LogP contribution is 2.43. The Morgan fingerprint density at radius 2 is 1.32 bits per heavy atom. The summed E-state index contributed by atoms with van der Waals surface area (Å²) in [6, 6.07) is 47.5. The van der Waals surface area contributed by atoms with Crippen LogP contribution in [0.15, 0.2) is 173 Å². The Morgan fingerprint density at radius 1 is 0.803 bits per heavy atom. The smallest absolute Gasteiger partial charge is 0.356 e. The van der Waals surface area contributed by atoms with Crippen LogP contribution in [-0.4, -0.2) is 74.6 Å². The number of anilines is 1. The molecule has 2 aliphatic heterocycles. The molecular weight excluding hydrogens is 894 g/mol. The molecule has 5 aromatic carbocycles. The van der Waals surface area contributed by atoms with E-state index in [-0.39, 0.29) is 23.0 Å². The number of thiazole rings is 1. The lowest BCUT2D eigenvalue weighted by Gasteiger charge is -2.49. The normalized spacial score (nSPS) is 16.2. The van der Waals surface area contributed by atoms with Crippen molar-refractivity contribution in [3.05, 3.63) is 202 Å². The summed E-state index contributed by atoms with van der Waals surface area (Å²) in [4.78, 5) is 67.1. The van der Waals surface area contributed by atoms with Crippen LogP contribution in [0.1, 0.15) is 60.4 Å². The van der Waals surface area contributed by atoms with Crippen LogP contribution in [-0.2, 0) is 39.0 Å². The molecule has 2 N–H and O–H groups in total. The first-order valence-corrected chi connectivity index (χ1v) is 23.6. The summed E-state index contributed by atoms with van der Waals surface area (Å²) in [5.74, 6) is -2.46. The highest BCUT2D eigenvalue weighted by atomic mass is 35.5. The third-order valence-corrected chi connectivity index (χ3v) is 13.2. The average Bonchev–Trinajstić information content (AvgIpc) is 3.81. The Kier molecular flexibility index (Phi) is 14.0. The number of benzene rings is 5. The summed E-state index contributed by atoms with van der Waals surface area (Å²) >= 11 is 8.99. The zero-order chi connectivity index (χ0) is 46.3. The van der Waals surface area contributed by atoms with Gasteiger partial charge >= 0.3 is 11.9 Å². The second-order valence-corrected chi connectivity index (χ2v) is 18.6. The highest BCUT2D eigenvalue weighted by molar-refractivity contribution is 8.00. The van der Waals surface area contributed by atoms with E-state index in [1.54, 1.807) is 26.2 Å². The third-order valence-electron chi connectivity index (χ3n) is 10.8. The van der Waals surface area contributed by atoms with E-state index in [1.165, 1.54) is 28.0 Å². The van der Waals surface area contributed by atoms with Crippen LogP contribution in [0, 0.1) is 0 Å². The minimum atomic E-state index is -1.07. The Bertz CT molecular complexity index is 2600. The number of oxime groups is 1. The molecule has 66 heavy (non-hydrogen) atoms. The summed E-state index contributed by atoms with van der Waals surface area (Å²) in [5.41, 5.74) is 3.01. The fourth-order valence-corrected chi connectivity index (χ4v) is 10.3. The van der Waals surface area contributed by atoms with Crippen LogP contribution >= 0.6 is 34.7 Å². The summed E-state index contributed by atoms with van der Waals surface area (Å²) in [6.07, 6.45) is -0.765. The van der Waals surface area contributed by atoms with Gasteiger partial charge in [0.15, 0.2) is 16.9 Å². The van der Waals surface area contributed by atoms with E-state index >= 15 is 0 Å². The number of rotatable bonds is 16. The Hall–Kier alpha value is -6.74. The van der Waals surface area contributed by atoms with E-state index in [4.69, 9.17) is 30.9 Å². The van der Waals surface area contributed by atoms with Crippen molar-refractivity contribution in [1.82, 2.24) is 15.2 Å². The van der Waals surface area contributed by atoms with Gasteiger partial charge in [-0.25, -0.2) is 14.6 Å². The summed E-state index contributed by atoms with van der Waals surface area (Å²) in [7, 11) is 0. The number of carbonyl (C=O) groups is 4. The molecule has 1 unspecified atom stereocenters. The quantitative estimate of drug-likeness (QED) is 0.0241. The number of esters is 2. The van der Waals surface area contributed by atoms with Crippen molar-refractivity contribution < 1.29 is 33.5 Å². The molecule has 1 fully saturated rings. The largest absolute Gasteiger partial charge is 0.457 e. The van der Waals surface area contributed by atoms with Gasteiger partial charge in [0, 0.05) is 17.0 Å². The standard InChI is InChI=1S/C51H46ClN5O7S2/c1-50(2,3)64-40(58)30-62-56-41(39-32-66-49(53-39)55-51(36-23-13-6-14-24-36,37-25-15-7-16-26-37)38-27-17-8-18-28-38)45(59)54-42-46(60)57-43(35(29-52)31-65-47(42)57)48(61)63-44(33-19-9-4-10-20-33)34-21-11-5-12-22-34/h4-28,32,42,44,47H,29-31H2,1-3H3,(H,53,55)(H,54,59)/b56-41-/t42?,47-/m1/s1. The van der Waals surface area contributed by atoms with Gasteiger partial charge in [0.1, 0.15) is 33.9 Å². The highest BCUT2D eigenvalue weighted by Gasteiger charge is 2.55. The van der Waals surface area contributed by atoms with E-state index in [0.717, 1.165) is 27.8 Å². The van der Waals surface area contributed by atoms with Crippen LogP contribution in [0.2, 0.25) is 0 Å². The number of nitrogens with one attached hydrogen (secondary N) is 2. The number of carbonyl (C=O) groups excluding carboxylic acids is 4. The van der Waals surface area contributed by atoms with Crippen molar-refractivity contribution in [3.63, 3.8) is 0 Å². The molecule has 0 radical (unpaired) electrons. The van der Waals surface area contributed by atoms with E-state index in [0.29, 0.717) is 16.5 Å². The third kappa shape index (κ3) is 9.91. The van der Waals surface area contributed by atoms with Crippen molar-refractivity contribution in [2.45, 2.75) is 49.4 Å². The van der Waals surface area contributed by atoms with Crippen LogP contribution < -0.4 is 10.6 Å². The van der Waals surface area contributed by atoms with Crippen LogP contribution in [0.4, 0.5) is 5.13 Å². The topological polar surface area (TPSA) is 149 Å². The van der Waals surface area contributed by atoms with Gasteiger partial charge in [-0.15, -0.1) is 34.7 Å². The number of hydrogen-bond donors (Lipinski definition) is 2. The Morgan fingerprint density at radius 3 is 1.82 bits per heavy atom. The number of thioether (sulfide) groups is 1. The second kappa shape index (κ2) is 20.2. The number of aromatic nitrogens is 1. The lowest BCUT2D eigenvalue weighted by Crippen LogP contribution is -2.71. The average molecular weight is 941 g/mol. The van der Waals surface area contributed by atoms with Crippen LogP contribution in [0.25, 0.3) is 0 Å². The molecule has 1 aromatic heterocycles. The van der Waals surface area contributed by atoms with Crippen molar-refractivity contribution in [3.8, 4) is 0 Å². The molecule has 6 aromatic rings. The fraction of sp³-hybridized carbons (Fsp3) is 0.216. The number of alkyl halides is 1. The van der Waals surface area contributed by atoms with Crippen molar-refractivity contribution >= 4 is 69.3 Å². The van der Waals surface area contributed by atoms with Gasteiger partial charge in [0.05, 0.1) is 0 Å². The number of amides is 2. The molecule has 0 aliphatic carbocycles. The molecule has 1 saturated heterocycles. The number of hydrogen-bond acceptors (Lipinski definition) is 12. The fourth-order valence-electron chi connectivity index (χ4n) is 7.84. The molecule has 0 bridgehead atoms. The number of β-lactam (4-membered cyclic amide) rings is 1. The van der Waals surface area contributed by atoms with E-state index in [2.05, 4.69) is 15.8 Å². The number of halogens is 1.